The van der Waals surface area contributed by atoms with Crippen molar-refractivity contribution in [3.63, 3.8) is 0 Å². The van der Waals surface area contributed by atoms with Gasteiger partial charge in [0, 0.05) is 12.1 Å². The summed E-state index contributed by atoms with van der Waals surface area (Å²) in [4.78, 5) is 14.7. The van der Waals surface area contributed by atoms with Gasteiger partial charge < -0.3 is 15.5 Å². The van der Waals surface area contributed by atoms with Crippen molar-refractivity contribution in [3.8, 4) is 17.1 Å². The van der Waals surface area contributed by atoms with Gasteiger partial charge in [0.25, 0.3) is 0 Å². The first kappa shape index (κ1) is 18.6. The molecule has 1 aliphatic heterocycles. The third-order valence-corrected chi connectivity index (χ3v) is 5.75. The smallest absolute Gasteiger partial charge is 0.233 e. The molecule has 1 fully saturated rings. The fourth-order valence-corrected chi connectivity index (χ4v) is 4.23. The Hall–Kier alpha value is -2.22. The van der Waals surface area contributed by atoms with Crippen molar-refractivity contribution in [1.29, 1.82) is 0 Å². The van der Waals surface area contributed by atoms with Crippen molar-refractivity contribution in [2.45, 2.75) is 50.4 Å². The number of methoxy groups -OCH3 is 1. The number of nitrogens with two attached hydrogens (primary N) is 1. The number of rotatable bonds is 5. The summed E-state index contributed by atoms with van der Waals surface area (Å²) >= 11 is 1.31. The van der Waals surface area contributed by atoms with Crippen molar-refractivity contribution in [2.24, 2.45) is 0 Å². The van der Waals surface area contributed by atoms with Crippen LogP contribution >= 0.6 is 11.8 Å². The lowest BCUT2D eigenvalue weighted by atomic mass is 9.98. The number of thioether (sulfide) groups is 1. The second kappa shape index (κ2) is 7.99. The highest BCUT2D eigenvalue weighted by Crippen LogP contribution is 2.30. The molecule has 0 bridgehead atoms. The normalized spacial score (nSPS) is 20.2. The quantitative estimate of drug-likeness (QED) is 0.638. The number of benzene rings is 1. The highest BCUT2D eigenvalue weighted by Gasteiger charge is 2.29. The number of hydrogen-bond donors (Lipinski definition) is 1. The van der Waals surface area contributed by atoms with E-state index in [-0.39, 0.29) is 18.0 Å². The Morgan fingerprint density at radius 3 is 2.65 bits per heavy atom. The van der Waals surface area contributed by atoms with Gasteiger partial charge >= 0.3 is 0 Å². The maximum absolute atomic E-state index is 12.7. The van der Waals surface area contributed by atoms with Crippen molar-refractivity contribution in [2.75, 3.05) is 18.7 Å². The van der Waals surface area contributed by atoms with Crippen LogP contribution in [0.2, 0.25) is 0 Å². The van der Waals surface area contributed by atoms with Crippen LogP contribution in [0.4, 0.5) is 0 Å². The second-order valence-electron chi connectivity index (χ2n) is 6.60. The zero-order valence-corrected chi connectivity index (χ0v) is 16.2. The van der Waals surface area contributed by atoms with Gasteiger partial charge in [-0.25, -0.2) is 4.68 Å². The molecule has 26 heavy (non-hydrogen) atoms. The highest BCUT2D eigenvalue weighted by atomic mass is 32.2. The maximum atomic E-state index is 12.7. The van der Waals surface area contributed by atoms with Gasteiger partial charge in [-0.05, 0) is 45.2 Å². The average Bonchev–Trinajstić information content (AvgIpc) is 3.00. The first-order valence-electron chi connectivity index (χ1n) is 8.80. The Balaban J connectivity index is 1.72. The molecule has 7 nitrogen and oxygen atoms in total. The number of carbonyl (C=O) groups excluding carboxylic acids is 1. The van der Waals surface area contributed by atoms with E-state index in [4.69, 9.17) is 10.6 Å². The Kier molecular flexibility index (Phi) is 5.70. The van der Waals surface area contributed by atoms with Gasteiger partial charge in [0.2, 0.25) is 11.1 Å². The van der Waals surface area contributed by atoms with Crippen LogP contribution < -0.4 is 10.6 Å². The minimum atomic E-state index is 0.122. The van der Waals surface area contributed by atoms with Gasteiger partial charge in [-0.15, -0.1) is 10.2 Å². The predicted octanol–water partition coefficient (Wildman–Crippen LogP) is 2.55. The summed E-state index contributed by atoms with van der Waals surface area (Å²) in [5, 5.41) is 8.84. The average molecular weight is 375 g/mol. The number of hydrogen-bond acceptors (Lipinski definition) is 6. The molecular formula is C18H25N5O2S. The Labute approximate surface area is 157 Å². The summed E-state index contributed by atoms with van der Waals surface area (Å²) in [6.07, 6.45) is 3.30. The lowest BCUT2D eigenvalue weighted by Crippen LogP contribution is -2.48. The monoisotopic (exact) mass is 375 g/mol. The van der Waals surface area contributed by atoms with Gasteiger partial charge in [-0.1, -0.05) is 23.9 Å². The number of ether oxygens (including phenoxy) is 1. The zero-order chi connectivity index (χ0) is 18.7. The molecule has 2 aromatic rings. The highest BCUT2D eigenvalue weighted by molar-refractivity contribution is 7.99. The Morgan fingerprint density at radius 2 is 1.96 bits per heavy atom. The van der Waals surface area contributed by atoms with Crippen LogP contribution in [-0.2, 0) is 4.79 Å². The standard InChI is InChI=1S/C18H25N5O2S/c1-12-7-6-8-13(2)22(12)16(24)11-26-18-21-20-17(23(18)19)14-9-4-5-10-15(14)25-3/h4-5,9-10,12-13H,6-8,11,19H2,1-3H3/t12-,13-/m1/s1. The summed E-state index contributed by atoms with van der Waals surface area (Å²) in [5.74, 6) is 7.78. The van der Waals surface area contributed by atoms with E-state index in [1.54, 1.807) is 7.11 Å². The zero-order valence-electron chi connectivity index (χ0n) is 15.4. The maximum Gasteiger partial charge on any atom is 0.233 e. The van der Waals surface area contributed by atoms with Gasteiger partial charge in [-0.2, -0.15) is 0 Å². The molecule has 3 rings (SSSR count). The number of para-hydroxylation sites is 1. The van der Waals surface area contributed by atoms with E-state index in [0.29, 0.717) is 22.5 Å². The number of aromatic nitrogens is 3. The molecule has 2 heterocycles. The molecule has 1 saturated heterocycles. The molecule has 8 heteroatoms. The van der Waals surface area contributed by atoms with E-state index in [1.165, 1.54) is 22.9 Å². The largest absolute Gasteiger partial charge is 0.496 e. The van der Waals surface area contributed by atoms with Crippen LogP contribution in [0.1, 0.15) is 33.1 Å². The van der Waals surface area contributed by atoms with Crippen LogP contribution in [0.15, 0.2) is 29.4 Å². The van der Waals surface area contributed by atoms with Crippen molar-refractivity contribution >= 4 is 17.7 Å². The van der Waals surface area contributed by atoms with E-state index >= 15 is 0 Å². The molecule has 0 spiro atoms. The number of amides is 1. The topological polar surface area (TPSA) is 86.3 Å². The molecule has 2 atom stereocenters. The number of nitrogens with zero attached hydrogens (tertiary/aromatic N) is 4. The molecule has 1 aromatic heterocycles. The van der Waals surface area contributed by atoms with Gasteiger partial charge in [-0.3, -0.25) is 4.79 Å². The van der Waals surface area contributed by atoms with Crippen molar-refractivity contribution in [1.82, 2.24) is 19.8 Å². The third-order valence-electron chi connectivity index (χ3n) is 4.82. The van der Waals surface area contributed by atoms with Gasteiger partial charge in [0.05, 0.1) is 18.4 Å². The minimum Gasteiger partial charge on any atom is -0.496 e. The van der Waals surface area contributed by atoms with E-state index < -0.39 is 0 Å². The SMILES string of the molecule is COc1ccccc1-c1nnc(SCC(=O)N2[C@H](C)CCC[C@H]2C)n1N. The fraction of sp³-hybridized carbons (Fsp3) is 0.500. The van der Waals surface area contributed by atoms with Crippen LogP contribution in [0.5, 0.6) is 5.75 Å². The summed E-state index contributed by atoms with van der Waals surface area (Å²) in [6.45, 7) is 4.23. The number of piperidine rings is 1. The van der Waals surface area contributed by atoms with Gasteiger partial charge in [0.1, 0.15) is 5.75 Å². The van der Waals surface area contributed by atoms with E-state index in [2.05, 4.69) is 24.0 Å². The molecule has 1 aliphatic rings. The molecule has 2 N–H and O–H groups in total. The molecule has 0 saturated carbocycles. The molecule has 0 unspecified atom stereocenters. The summed E-state index contributed by atoms with van der Waals surface area (Å²) in [5.41, 5.74) is 0.765. The molecule has 140 valence electrons. The Morgan fingerprint density at radius 1 is 1.27 bits per heavy atom. The molecule has 0 radical (unpaired) electrons. The van der Waals surface area contributed by atoms with Crippen LogP contribution in [0.25, 0.3) is 11.4 Å². The number of nitrogen functional groups attached to an aromatic ring is 1. The summed E-state index contributed by atoms with van der Waals surface area (Å²) < 4.78 is 6.78. The first-order chi connectivity index (χ1) is 12.5. The fourth-order valence-electron chi connectivity index (χ4n) is 3.50. The van der Waals surface area contributed by atoms with E-state index in [1.807, 2.05) is 29.2 Å². The summed E-state index contributed by atoms with van der Waals surface area (Å²) in [6, 6.07) is 8.07. The lowest BCUT2D eigenvalue weighted by Gasteiger charge is -2.39. The van der Waals surface area contributed by atoms with E-state index in [9.17, 15) is 4.79 Å². The van der Waals surface area contributed by atoms with Gasteiger partial charge in [0.15, 0.2) is 5.82 Å². The summed E-state index contributed by atoms with van der Waals surface area (Å²) in [7, 11) is 1.60. The molecular weight excluding hydrogens is 350 g/mol. The second-order valence-corrected chi connectivity index (χ2v) is 7.54. The lowest BCUT2D eigenvalue weighted by molar-refractivity contribution is -0.134. The third kappa shape index (κ3) is 3.65. The number of carbonyl (C=O) groups is 1. The van der Waals surface area contributed by atoms with Crippen molar-refractivity contribution < 1.29 is 9.53 Å². The molecule has 0 aliphatic carbocycles. The predicted molar refractivity (Wildman–Crippen MR) is 103 cm³/mol. The van der Waals surface area contributed by atoms with Crippen LogP contribution in [-0.4, -0.2) is 50.6 Å². The van der Waals surface area contributed by atoms with Crippen LogP contribution in [0.3, 0.4) is 0 Å². The Bertz CT molecular complexity index is 769. The number of likely N-dealkylation sites (tertiary alicyclic amines) is 1. The van der Waals surface area contributed by atoms with E-state index in [0.717, 1.165) is 18.4 Å². The first-order valence-corrected chi connectivity index (χ1v) is 9.79. The molecule has 1 amide bonds. The van der Waals surface area contributed by atoms with Crippen molar-refractivity contribution in [3.05, 3.63) is 24.3 Å². The van der Waals surface area contributed by atoms with Crippen LogP contribution in [0, 0.1) is 0 Å². The molecule has 1 aromatic carbocycles. The minimum absolute atomic E-state index is 0.122.